The fourth-order valence-corrected chi connectivity index (χ4v) is 0. The molecule has 4 N–H and O–H groups in total. The molecule has 0 aliphatic heterocycles. The van der Waals surface area contributed by atoms with Gasteiger partial charge in [-0.3, -0.25) is 0 Å². The lowest BCUT2D eigenvalue weighted by Gasteiger charge is -1.81. The Morgan fingerprint density at radius 3 is 1.50 bits per heavy atom. The lowest BCUT2D eigenvalue weighted by molar-refractivity contribution is 0.405. The number of hydrogen-bond acceptors (Lipinski definition) is 2. The molecule has 5 heteroatoms. The first kappa shape index (κ1) is 10.9. The summed E-state index contributed by atoms with van der Waals surface area (Å²) in [4.78, 5) is 14.2. The second kappa shape index (κ2) is 6.98. The molecule has 0 radical (unpaired) electrons. The van der Waals surface area contributed by atoms with Crippen LogP contribution in [0.2, 0.25) is 0 Å². The minimum atomic E-state index is -2.87. The fraction of sp³-hybridized carbons (Fsp3) is 1.00. The van der Waals surface area contributed by atoms with Gasteiger partial charge in [-0.15, -0.1) is 9.79 Å². The highest BCUT2D eigenvalue weighted by atomic mass is 31.1. The van der Waals surface area contributed by atoms with E-state index in [0.29, 0.717) is 6.04 Å². The van der Waals surface area contributed by atoms with Crippen molar-refractivity contribution in [2.75, 3.05) is 0 Å². The Bertz CT molecular complexity index is 58.8. The predicted octanol–water partition coefficient (Wildman–Crippen LogP) is -0.0181. The van der Waals surface area contributed by atoms with Gasteiger partial charge in [0.1, 0.15) is 0 Å². The first-order valence-corrected chi connectivity index (χ1v) is 3.24. The van der Waals surface area contributed by atoms with Crippen LogP contribution in [0.4, 0.5) is 0 Å². The maximum Gasteiger partial charge on any atom is 0.692 e. The molecular weight excluding hydrogens is 129 g/mol. The number of nitrogens with two attached hydrogens (primary N) is 1. The van der Waals surface area contributed by atoms with E-state index in [-0.39, 0.29) is 0 Å². The molecule has 8 heavy (non-hydrogen) atoms. The monoisotopic (exact) mass is 140 g/mol. The zero-order chi connectivity index (χ0) is 7.15. The largest absolute Gasteiger partial charge is 0.692 e. The molecule has 0 bridgehead atoms. The van der Waals surface area contributed by atoms with Crippen molar-refractivity contribution in [1.29, 1.82) is 0 Å². The smallest absolute Gasteiger partial charge is 0.328 e. The average Bonchev–Trinajstić information content (AvgIpc) is 1.25. The Morgan fingerprint density at radius 1 is 1.50 bits per heavy atom. The molecule has 0 aliphatic rings. The molecule has 4 nitrogen and oxygen atoms in total. The third-order valence-electron chi connectivity index (χ3n) is 0. The van der Waals surface area contributed by atoms with Crippen molar-refractivity contribution in [3.05, 3.63) is 0 Å². The van der Waals surface area contributed by atoms with Crippen LogP contribution in [0, 0.1) is 0 Å². The summed E-state index contributed by atoms with van der Waals surface area (Å²) in [5.41, 5.74) is 5.11. The third-order valence-corrected chi connectivity index (χ3v) is 0. The standard InChI is InChI=1S/C3H9N.HO3P/c1-3(2)4;1-4(2)3/h3H,4H2,1-2H3;(H-,1,2,3)/p+1. The van der Waals surface area contributed by atoms with E-state index in [1.54, 1.807) is 0 Å². The molecule has 0 saturated heterocycles. The normalized spacial score (nSPS) is 7.75. The number of hydrogen-bond donors (Lipinski definition) is 3. The van der Waals surface area contributed by atoms with Gasteiger partial charge in [0.2, 0.25) is 0 Å². The molecule has 0 fully saturated rings. The van der Waals surface area contributed by atoms with Crippen LogP contribution in [0.15, 0.2) is 0 Å². The van der Waals surface area contributed by atoms with Gasteiger partial charge >= 0.3 is 8.25 Å². The van der Waals surface area contributed by atoms with Crippen LogP contribution in [0.1, 0.15) is 13.8 Å². The van der Waals surface area contributed by atoms with Crippen molar-refractivity contribution in [2.24, 2.45) is 5.73 Å². The van der Waals surface area contributed by atoms with Crippen LogP contribution >= 0.6 is 8.25 Å². The van der Waals surface area contributed by atoms with Gasteiger partial charge in [-0.2, -0.15) is 0 Å². The minimum Gasteiger partial charge on any atom is -0.328 e. The van der Waals surface area contributed by atoms with Gasteiger partial charge in [0.25, 0.3) is 0 Å². The molecular formula is C3H11NO3P+. The van der Waals surface area contributed by atoms with Crippen molar-refractivity contribution in [1.82, 2.24) is 0 Å². The summed E-state index contributed by atoms with van der Waals surface area (Å²) in [6.45, 7) is 3.89. The molecule has 0 saturated carbocycles. The second-order valence-corrected chi connectivity index (χ2v) is 2.00. The van der Waals surface area contributed by atoms with Crippen molar-refractivity contribution in [3.8, 4) is 0 Å². The molecule has 0 heterocycles. The van der Waals surface area contributed by atoms with Crippen LogP contribution in [0.5, 0.6) is 0 Å². The molecule has 0 unspecified atom stereocenters. The first-order valence-electron chi connectivity index (χ1n) is 2.07. The molecule has 0 spiro atoms. The van der Waals surface area contributed by atoms with E-state index in [4.69, 9.17) is 20.1 Å². The minimum absolute atomic E-state index is 0.333. The quantitative estimate of drug-likeness (QED) is 0.413. The zero-order valence-corrected chi connectivity index (χ0v) is 5.80. The van der Waals surface area contributed by atoms with Gasteiger partial charge in [0.05, 0.1) is 0 Å². The molecule has 50 valence electrons. The molecule has 0 amide bonds. The maximum atomic E-state index is 8.70. The van der Waals surface area contributed by atoms with E-state index in [9.17, 15) is 0 Å². The first-order chi connectivity index (χ1) is 3.46. The lowest BCUT2D eigenvalue weighted by atomic mass is 10.5. The van der Waals surface area contributed by atoms with Gasteiger partial charge in [-0.25, -0.2) is 0 Å². The Labute approximate surface area is 49.3 Å². The summed E-state index contributed by atoms with van der Waals surface area (Å²) >= 11 is 0. The molecule has 0 rings (SSSR count). The van der Waals surface area contributed by atoms with E-state index >= 15 is 0 Å². The number of rotatable bonds is 0. The van der Waals surface area contributed by atoms with Crippen molar-refractivity contribution in [2.45, 2.75) is 19.9 Å². The Kier molecular flexibility index (Phi) is 9.49. The van der Waals surface area contributed by atoms with Crippen LogP contribution < -0.4 is 5.73 Å². The second-order valence-electron chi connectivity index (χ2n) is 1.50. The Balaban J connectivity index is 0. The maximum absolute atomic E-state index is 8.70. The van der Waals surface area contributed by atoms with E-state index in [2.05, 4.69) is 0 Å². The Hall–Kier alpha value is -0.0200. The van der Waals surface area contributed by atoms with Crippen molar-refractivity contribution in [3.63, 3.8) is 0 Å². The summed E-state index contributed by atoms with van der Waals surface area (Å²) in [6, 6.07) is 0.333. The van der Waals surface area contributed by atoms with Crippen LogP contribution in [-0.2, 0) is 4.57 Å². The van der Waals surface area contributed by atoms with Gasteiger partial charge in [-0.05, 0) is 6.04 Å². The van der Waals surface area contributed by atoms with Crippen LogP contribution in [0.3, 0.4) is 0 Å². The molecule has 0 aromatic heterocycles. The topological polar surface area (TPSA) is 83.6 Å². The van der Waals surface area contributed by atoms with E-state index < -0.39 is 8.25 Å². The van der Waals surface area contributed by atoms with Gasteiger partial charge in [-0.1, -0.05) is 13.8 Å². The molecule has 0 aromatic rings. The highest BCUT2D eigenvalue weighted by molar-refractivity contribution is 7.30. The molecule has 0 aromatic carbocycles. The van der Waals surface area contributed by atoms with Gasteiger partial charge in [0, 0.05) is 4.57 Å². The molecule has 0 aliphatic carbocycles. The average molecular weight is 140 g/mol. The highest BCUT2D eigenvalue weighted by Gasteiger charge is 1.93. The SMILES string of the molecule is CC(C)N.O=[P+](O)O. The summed E-state index contributed by atoms with van der Waals surface area (Å²) in [5, 5.41) is 0. The summed E-state index contributed by atoms with van der Waals surface area (Å²) in [5.74, 6) is 0. The highest BCUT2D eigenvalue weighted by Crippen LogP contribution is 1.98. The van der Waals surface area contributed by atoms with Crippen LogP contribution in [-0.4, -0.2) is 15.8 Å². The van der Waals surface area contributed by atoms with Crippen molar-refractivity contribution < 1.29 is 14.4 Å². The van der Waals surface area contributed by atoms with Gasteiger partial charge in [0.15, 0.2) is 0 Å². The summed E-state index contributed by atoms with van der Waals surface area (Å²) < 4.78 is 8.70. The lowest BCUT2D eigenvalue weighted by Crippen LogP contribution is -2.06. The van der Waals surface area contributed by atoms with Crippen LogP contribution in [0.25, 0.3) is 0 Å². The predicted molar refractivity (Wildman–Crippen MR) is 31.4 cm³/mol. The van der Waals surface area contributed by atoms with E-state index in [1.165, 1.54) is 0 Å². The van der Waals surface area contributed by atoms with E-state index in [1.807, 2.05) is 13.8 Å². The van der Waals surface area contributed by atoms with E-state index in [0.717, 1.165) is 0 Å². The Morgan fingerprint density at radius 2 is 1.50 bits per heavy atom. The van der Waals surface area contributed by atoms with Gasteiger partial charge < -0.3 is 5.73 Å². The van der Waals surface area contributed by atoms with Crippen molar-refractivity contribution >= 4 is 8.25 Å². The zero-order valence-electron chi connectivity index (χ0n) is 4.90. The third kappa shape index (κ3) is 371000. The fourth-order valence-electron chi connectivity index (χ4n) is 0. The summed E-state index contributed by atoms with van der Waals surface area (Å²) in [6.07, 6.45) is 0. The summed E-state index contributed by atoms with van der Waals surface area (Å²) in [7, 11) is -2.87. The molecule has 0 atom stereocenters.